The largest absolute Gasteiger partial charge is 0.401 e. The second kappa shape index (κ2) is 5.68. The van der Waals surface area contributed by atoms with Crippen LogP contribution in [0.15, 0.2) is 0 Å². The summed E-state index contributed by atoms with van der Waals surface area (Å²) in [4.78, 5) is 11.4. The van der Waals surface area contributed by atoms with E-state index in [0.29, 0.717) is 13.2 Å². The summed E-state index contributed by atoms with van der Waals surface area (Å²) >= 11 is 0. The van der Waals surface area contributed by atoms with Crippen LogP contribution in [0.5, 0.6) is 0 Å². The van der Waals surface area contributed by atoms with Crippen LogP contribution >= 0.6 is 0 Å². The highest BCUT2D eigenvalue weighted by Gasteiger charge is 2.30. The molecule has 2 N–H and O–H groups in total. The summed E-state index contributed by atoms with van der Waals surface area (Å²) < 4.78 is 40.7. The van der Waals surface area contributed by atoms with Gasteiger partial charge in [0.05, 0.1) is 25.2 Å². The van der Waals surface area contributed by atoms with Gasteiger partial charge in [0.1, 0.15) is 0 Å². The van der Waals surface area contributed by atoms with Gasteiger partial charge < -0.3 is 15.4 Å². The number of carbonyl (C=O) groups excluding carboxylic acids is 1. The van der Waals surface area contributed by atoms with E-state index < -0.39 is 24.2 Å². The number of hydrogen-bond acceptors (Lipinski definition) is 3. The van der Waals surface area contributed by atoms with Crippen LogP contribution in [0.2, 0.25) is 0 Å². The smallest absolute Gasteiger partial charge is 0.379 e. The SMILES string of the molecule is CC1(NC(=O)CNCC(F)(F)F)CCCOC1. The molecule has 0 aromatic carbocycles. The Bertz CT molecular complexity index is 263. The van der Waals surface area contributed by atoms with Gasteiger partial charge in [0, 0.05) is 6.61 Å². The van der Waals surface area contributed by atoms with Gasteiger partial charge in [0.25, 0.3) is 0 Å². The van der Waals surface area contributed by atoms with Gasteiger partial charge in [-0.25, -0.2) is 0 Å². The lowest BCUT2D eigenvalue weighted by atomic mass is 9.95. The topological polar surface area (TPSA) is 50.4 Å². The van der Waals surface area contributed by atoms with E-state index in [2.05, 4.69) is 10.6 Å². The molecule has 4 nitrogen and oxygen atoms in total. The number of alkyl halides is 3. The van der Waals surface area contributed by atoms with Crippen LogP contribution in [0.4, 0.5) is 13.2 Å². The van der Waals surface area contributed by atoms with Crippen LogP contribution in [-0.4, -0.2) is 43.9 Å². The third-order valence-corrected chi connectivity index (χ3v) is 2.49. The molecule has 0 aliphatic carbocycles. The third kappa shape index (κ3) is 5.88. The summed E-state index contributed by atoms with van der Waals surface area (Å²) in [5.41, 5.74) is -0.463. The van der Waals surface area contributed by atoms with Gasteiger partial charge in [-0.1, -0.05) is 0 Å². The van der Waals surface area contributed by atoms with Crippen LogP contribution < -0.4 is 10.6 Å². The second-order valence-electron chi connectivity index (χ2n) is 4.48. The van der Waals surface area contributed by atoms with E-state index in [0.717, 1.165) is 12.8 Å². The summed E-state index contributed by atoms with van der Waals surface area (Å²) in [6.07, 6.45) is -2.68. The summed E-state index contributed by atoms with van der Waals surface area (Å²) in [6.45, 7) is 1.40. The number of amides is 1. The molecule has 1 unspecified atom stereocenters. The number of rotatable bonds is 4. The maximum absolute atomic E-state index is 11.8. The molecule has 1 rings (SSSR count). The summed E-state index contributed by atoms with van der Waals surface area (Å²) in [6, 6.07) is 0. The van der Waals surface area contributed by atoms with Crippen molar-refractivity contribution in [2.45, 2.75) is 31.5 Å². The quantitative estimate of drug-likeness (QED) is 0.781. The fourth-order valence-corrected chi connectivity index (χ4v) is 1.73. The molecule has 7 heteroatoms. The molecule has 1 heterocycles. The van der Waals surface area contributed by atoms with Crippen molar-refractivity contribution in [3.63, 3.8) is 0 Å². The monoisotopic (exact) mass is 254 g/mol. The van der Waals surface area contributed by atoms with E-state index in [9.17, 15) is 18.0 Å². The van der Waals surface area contributed by atoms with E-state index in [-0.39, 0.29) is 6.54 Å². The van der Waals surface area contributed by atoms with Crippen molar-refractivity contribution in [3.05, 3.63) is 0 Å². The number of ether oxygens (including phenoxy) is 1. The van der Waals surface area contributed by atoms with E-state index >= 15 is 0 Å². The van der Waals surface area contributed by atoms with Crippen molar-refractivity contribution in [1.29, 1.82) is 0 Å². The molecule has 1 atom stereocenters. The van der Waals surface area contributed by atoms with Crippen LogP contribution in [0, 0.1) is 0 Å². The Morgan fingerprint density at radius 2 is 2.18 bits per heavy atom. The van der Waals surface area contributed by atoms with Crippen molar-refractivity contribution in [3.8, 4) is 0 Å². The minimum absolute atomic E-state index is 0.338. The lowest BCUT2D eigenvalue weighted by molar-refractivity contribution is -0.130. The van der Waals surface area contributed by atoms with Crippen molar-refractivity contribution < 1.29 is 22.7 Å². The Hall–Kier alpha value is -0.820. The average molecular weight is 254 g/mol. The number of hydrogen-bond donors (Lipinski definition) is 2. The minimum atomic E-state index is -4.29. The van der Waals surface area contributed by atoms with Crippen LogP contribution in [0.25, 0.3) is 0 Å². The molecular formula is C10H17F3N2O2. The zero-order valence-corrected chi connectivity index (χ0v) is 9.69. The van der Waals surface area contributed by atoms with Gasteiger partial charge in [0.2, 0.25) is 5.91 Å². The standard InChI is InChI=1S/C10H17F3N2O2/c1-9(3-2-4-17-7-9)15-8(16)5-14-6-10(11,12)13/h14H,2-7H2,1H3,(H,15,16). The van der Waals surface area contributed by atoms with Gasteiger partial charge in [-0.3, -0.25) is 4.79 Å². The number of nitrogens with one attached hydrogen (secondary N) is 2. The molecule has 1 aliphatic heterocycles. The van der Waals surface area contributed by atoms with Crippen LogP contribution in [-0.2, 0) is 9.53 Å². The van der Waals surface area contributed by atoms with E-state index in [4.69, 9.17) is 4.74 Å². The highest BCUT2D eigenvalue weighted by molar-refractivity contribution is 5.78. The molecule has 17 heavy (non-hydrogen) atoms. The molecule has 1 aliphatic rings. The maximum atomic E-state index is 11.8. The molecule has 0 radical (unpaired) electrons. The average Bonchev–Trinajstić information content (AvgIpc) is 2.15. The molecule has 0 bridgehead atoms. The molecule has 0 saturated carbocycles. The Kier molecular flexibility index (Phi) is 4.76. The van der Waals surface area contributed by atoms with Crippen LogP contribution in [0.1, 0.15) is 19.8 Å². The van der Waals surface area contributed by atoms with E-state index in [1.165, 1.54) is 0 Å². The Morgan fingerprint density at radius 1 is 1.47 bits per heavy atom. The predicted octanol–water partition coefficient (Wildman–Crippen LogP) is 0.824. The summed E-state index contributed by atoms with van der Waals surface area (Å²) in [5.74, 6) is -0.442. The fourth-order valence-electron chi connectivity index (χ4n) is 1.73. The predicted molar refractivity (Wildman–Crippen MR) is 55.5 cm³/mol. The van der Waals surface area contributed by atoms with Crippen molar-refractivity contribution >= 4 is 5.91 Å². The Morgan fingerprint density at radius 3 is 2.71 bits per heavy atom. The van der Waals surface area contributed by atoms with E-state index in [1.807, 2.05) is 6.92 Å². The number of carbonyl (C=O) groups is 1. The van der Waals surface area contributed by atoms with Crippen molar-refractivity contribution in [2.24, 2.45) is 0 Å². The third-order valence-electron chi connectivity index (χ3n) is 2.49. The molecule has 1 saturated heterocycles. The highest BCUT2D eigenvalue weighted by atomic mass is 19.4. The minimum Gasteiger partial charge on any atom is -0.379 e. The van der Waals surface area contributed by atoms with Gasteiger partial charge in [0.15, 0.2) is 0 Å². The van der Waals surface area contributed by atoms with E-state index in [1.54, 1.807) is 0 Å². The van der Waals surface area contributed by atoms with Crippen LogP contribution in [0.3, 0.4) is 0 Å². The molecule has 0 aromatic heterocycles. The van der Waals surface area contributed by atoms with Gasteiger partial charge in [-0.05, 0) is 19.8 Å². The molecule has 0 aromatic rings. The Balaban J connectivity index is 2.24. The first-order chi connectivity index (χ1) is 7.81. The molecule has 1 fully saturated rings. The van der Waals surface area contributed by atoms with Crippen molar-refractivity contribution in [2.75, 3.05) is 26.3 Å². The first-order valence-corrected chi connectivity index (χ1v) is 5.47. The van der Waals surface area contributed by atoms with Gasteiger partial charge in [-0.15, -0.1) is 0 Å². The lowest BCUT2D eigenvalue weighted by Gasteiger charge is -2.34. The first kappa shape index (κ1) is 14.2. The Labute approximate surface area is 97.9 Å². The van der Waals surface area contributed by atoms with Crippen molar-refractivity contribution in [1.82, 2.24) is 10.6 Å². The molecular weight excluding hydrogens is 237 g/mol. The molecule has 0 spiro atoms. The zero-order chi connectivity index (χ0) is 12.9. The lowest BCUT2D eigenvalue weighted by Crippen LogP contribution is -2.53. The molecule has 100 valence electrons. The van der Waals surface area contributed by atoms with Gasteiger partial charge in [-0.2, -0.15) is 13.2 Å². The summed E-state index contributed by atoms with van der Waals surface area (Å²) in [7, 11) is 0. The zero-order valence-electron chi connectivity index (χ0n) is 9.69. The summed E-state index contributed by atoms with van der Waals surface area (Å²) in [5, 5.41) is 4.74. The second-order valence-corrected chi connectivity index (χ2v) is 4.48. The maximum Gasteiger partial charge on any atom is 0.401 e. The molecule has 1 amide bonds. The highest BCUT2D eigenvalue weighted by Crippen LogP contribution is 2.18. The first-order valence-electron chi connectivity index (χ1n) is 5.47. The normalized spacial score (nSPS) is 25.6. The number of halogens is 3. The van der Waals surface area contributed by atoms with Gasteiger partial charge >= 0.3 is 6.18 Å². The fraction of sp³-hybridized carbons (Fsp3) is 0.900.